The van der Waals surface area contributed by atoms with Crippen LogP contribution >= 0.6 is 0 Å². The second-order valence-corrected chi connectivity index (χ2v) is 0. The molecule has 0 atom stereocenters. The molecule has 0 aliphatic heterocycles. The zero-order valence-corrected chi connectivity index (χ0v) is 5.48. The molecule has 0 saturated heterocycles. The Hall–Kier alpha value is 0.370. The summed E-state index contributed by atoms with van der Waals surface area (Å²) in [5.41, 5.74) is 0. The van der Waals surface area contributed by atoms with Gasteiger partial charge in [-0.2, -0.15) is 0 Å². The molecule has 3 heteroatoms. The SMILES string of the molecule is C=O.N.[Ta]. The fourth-order valence-corrected chi connectivity index (χ4v) is 0. The molecule has 4 heavy (non-hydrogen) atoms. The van der Waals surface area contributed by atoms with Gasteiger partial charge in [0.1, 0.15) is 6.79 Å². The van der Waals surface area contributed by atoms with Crippen molar-refractivity contribution in [2.75, 3.05) is 0 Å². The van der Waals surface area contributed by atoms with Gasteiger partial charge in [0, 0.05) is 22.4 Å². The van der Waals surface area contributed by atoms with Crippen LogP contribution in [0.15, 0.2) is 0 Å². The Morgan fingerprint density at radius 3 is 1.25 bits per heavy atom. The zero-order valence-electron chi connectivity index (χ0n) is 2.27. The standard InChI is InChI=1S/CH2O.H3N.Ta/c1-2;;/h1H2;1H3;. The van der Waals surface area contributed by atoms with Gasteiger partial charge in [-0.1, -0.05) is 0 Å². The number of carbonyl (C=O) groups is 1. The van der Waals surface area contributed by atoms with Gasteiger partial charge in [-0.3, -0.25) is 0 Å². The molecule has 0 aromatic heterocycles. The quantitative estimate of drug-likeness (QED) is 0.633. The third kappa shape index (κ3) is 32.5. The van der Waals surface area contributed by atoms with E-state index in [1.807, 2.05) is 6.79 Å². The predicted octanol–water partition coefficient (Wildman–Crippen LogP) is -0.0254. The smallest absolute Gasteiger partial charge is 0.106 e. The van der Waals surface area contributed by atoms with Crippen LogP contribution in [0.2, 0.25) is 0 Å². The first-order valence-corrected chi connectivity index (χ1v) is 0.289. The summed E-state index contributed by atoms with van der Waals surface area (Å²) in [7, 11) is 0. The van der Waals surface area contributed by atoms with Crippen LogP contribution in [0.1, 0.15) is 0 Å². The molecule has 0 rings (SSSR count). The second kappa shape index (κ2) is 138. The van der Waals surface area contributed by atoms with E-state index in [-0.39, 0.29) is 28.5 Å². The molecule has 0 aliphatic carbocycles. The van der Waals surface area contributed by atoms with E-state index in [2.05, 4.69) is 0 Å². The van der Waals surface area contributed by atoms with Crippen LogP contribution in [0.5, 0.6) is 0 Å². The van der Waals surface area contributed by atoms with Gasteiger partial charge in [0.05, 0.1) is 0 Å². The molecular formula is CH5NOTa. The van der Waals surface area contributed by atoms with Crippen LogP contribution < -0.4 is 6.15 Å². The molecule has 3 N–H and O–H groups in total. The summed E-state index contributed by atoms with van der Waals surface area (Å²) in [6, 6.07) is 0. The van der Waals surface area contributed by atoms with E-state index in [0.29, 0.717) is 0 Å². The Balaban J connectivity index is -0.00000000500. The number of carbonyl (C=O) groups excluding carboxylic acids is 1. The van der Waals surface area contributed by atoms with E-state index in [1.165, 1.54) is 0 Å². The van der Waals surface area contributed by atoms with Gasteiger partial charge in [-0.25, -0.2) is 0 Å². The molecule has 0 aromatic rings. The maximum atomic E-state index is 8.00. The van der Waals surface area contributed by atoms with E-state index >= 15 is 0 Å². The Bertz CT molecular complexity index is 8.00. The van der Waals surface area contributed by atoms with Crippen LogP contribution in [-0.4, -0.2) is 6.79 Å². The molecule has 0 bridgehead atoms. The van der Waals surface area contributed by atoms with Crippen LogP contribution in [-0.2, 0) is 27.2 Å². The minimum atomic E-state index is 0. The fraction of sp³-hybridized carbons (Fsp3) is 0. The molecule has 0 amide bonds. The van der Waals surface area contributed by atoms with Gasteiger partial charge in [0.15, 0.2) is 0 Å². The molecule has 0 aliphatic rings. The first kappa shape index (κ1) is 26.4. The van der Waals surface area contributed by atoms with Crippen molar-refractivity contribution < 1.29 is 27.2 Å². The third-order valence-corrected chi connectivity index (χ3v) is 0. The molecule has 0 fully saturated rings. The summed E-state index contributed by atoms with van der Waals surface area (Å²) < 4.78 is 0. The monoisotopic (exact) mass is 228 g/mol. The molecule has 25 valence electrons. The number of rotatable bonds is 0. The first-order chi connectivity index (χ1) is 1.00. The summed E-state index contributed by atoms with van der Waals surface area (Å²) in [4.78, 5) is 8.00. The van der Waals surface area contributed by atoms with E-state index in [0.717, 1.165) is 0 Å². The Morgan fingerprint density at radius 2 is 1.25 bits per heavy atom. The minimum absolute atomic E-state index is 0. The summed E-state index contributed by atoms with van der Waals surface area (Å²) in [6.45, 7) is 2.00. The topological polar surface area (TPSA) is 52.1 Å². The molecule has 0 heterocycles. The fourth-order valence-electron chi connectivity index (χ4n) is 0. The van der Waals surface area contributed by atoms with Crippen molar-refractivity contribution in [3.63, 3.8) is 0 Å². The van der Waals surface area contributed by atoms with Gasteiger partial charge in [-0.15, -0.1) is 0 Å². The van der Waals surface area contributed by atoms with E-state index < -0.39 is 0 Å². The van der Waals surface area contributed by atoms with Crippen LogP contribution in [0.25, 0.3) is 0 Å². The van der Waals surface area contributed by atoms with Gasteiger partial charge in [-0.05, 0) is 0 Å². The number of hydrogen-bond donors (Lipinski definition) is 1. The third-order valence-electron chi connectivity index (χ3n) is 0. The average molecular weight is 228 g/mol. The summed E-state index contributed by atoms with van der Waals surface area (Å²) >= 11 is 0. The van der Waals surface area contributed by atoms with Crippen molar-refractivity contribution in [1.82, 2.24) is 6.15 Å². The first-order valence-electron chi connectivity index (χ1n) is 0.289. The summed E-state index contributed by atoms with van der Waals surface area (Å²) in [5.74, 6) is 0. The molecule has 1 radical (unpaired) electrons. The second-order valence-electron chi connectivity index (χ2n) is 0. The predicted molar refractivity (Wildman–Crippen MR) is 12.1 cm³/mol. The number of hydrogen-bond acceptors (Lipinski definition) is 2. The summed E-state index contributed by atoms with van der Waals surface area (Å²) in [6.07, 6.45) is 0. The van der Waals surface area contributed by atoms with Gasteiger partial charge in [0.25, 0.3) is 0 Å². The normalized spacial score (nSPS) is 1.00. The van der Waals surface area contributed by atoms with E-state index in [1.54, 1.807) is 0 Å². The van der Waals surface area contributed by atoms with E-state index in [9.17, 15) is 0 Å². The largest absolute Gasteiger partial charge is 0.344 e. The molecule has 0 unspecified atom stereocenters. The van der Waals surface area contributed by atoms with Crippen LogP contribution in [0.3, 0.4) is 0 Å². The average Bonchev–Trinajstić information content (AvgIpc) is 1.00. The van der Waals surface area contributed by atoms with Crippen molar-refractivity contribution in [3.8, 4) is 0 Å². The zero-order chi connectivity index (χ0) is 2.00. The van der Waals surface area contributed by atoms with Crippen molar-refractivity contribution in [1.29, 1.82) is 0 Å². The molecule has 0 saturated carbocycles. The molecular weight excluding hydrogens is 223 g/mol. The van der Waals surface area contributed by atoms with Gasteiger partial charge >= 0.3 is 0 Å². The molecule has 0 spiro atoms. The maximum Gasteiger partial charge on any atom is 0.106 e. The van der Waals surface area contributed by atoms with Crippen molar-refractivity contribution >= 4 is 6.79 Å². The maximum absolute atomic E-state index is 8.00. The van der Waals surface area contributed by atoms with Crippen LogP contribution in [0.4, 0.5) is 0 Å². The summed E-state index contributed by atoms with van der Waals surface area (Å²) in [5, 5.41) is 0. The van der Waals surface area contributed by atoms with Crippen molar-refractivity contribution in [3.05, 3.63) is 0 Å². The Morgan fingerprint density at radius 1 is 1.25 bits per heavy atom. The minimum Gasteiger partial charge on any atom is -0.344 e. The molecule has 0 aromatic carbocycles. The van der Waals surface area contributed by atoms with Crippen molar-refractivity contribution in [2.24, 2.45) is 0 Å². The van der Waals surface area contributed by atoms with E-state index in [4.69, 9.17) is 4.79 Å². The van der Waals surface area contributed by atoms with Crippen LogP contribution in [0, 0.1) is 0 Å². The van der Waals surface area contributed by atoms with Crippen molar-refractivity contribution in [2.45, 2.75) is 0 Å². The Labute approximate surface area is 40.7 Å². The van der Waals surface area contributed by atoms with Gasteiger partial charge in [0.2, 0.25) is 0 Å². The Kier molecular flexibility index (Phi) is 913. The molecule has 2 nitrogen and oxygen atoms in total. The van der Waals surface area contributed by atoms with Gasteiger partial charge < -0.3 is 10.9 Å².